The van der Waals surface area contributed by atoms with Crippen LogP contribution in [0.25, 0.3) is 0 Å². The Hall–Kier alpha value is -1.84. The Labute approximate surface area is 116 Å². The largest absolute Gasteiger partial charge is 0.492 e. The van der Waals surface area contributed by atoms with Gasteiger partial charge in [0.25, 0.3) is 4.73 Å². The zero-order chi connectivity index (χ0) is 14.4. The van der Waals surface area contributed by atoms with Gasteiger partial charge < -0.3 is 14.9 Å². The summed E-state index contributed by atoms with van der Waals surface area (Å²) in [4.78, 5) is 35.8. The number of halogens is 1. The van der Waals surface area contributed by atoms with Crippen LogP contribution in [0.5, 0.6) is 0 Å². The summed E-state index contributed by atoms with van der Waals surface area (Å²) >= 11 is 2.96. The molecule has 1 aromatic heterocycles. The van der Waals surface area contributed by atoms with Crippen LogP contribution in [-0.2, 0) is 20.9 Å². The van der Waals surface area contributed by atoms with E-state index in [9.17, 15) is 19.7 Å². The molecule has 0 saturated carbocycles. The zero-order valence-electron chi connectivity index (χ0n) is 10.0. The van der Waals surface area contributed by atoms with E-state index in [0.717, 1.165) is 4.68 Å². The highest BCUT2D eigenvalue weighted by Gasteiger charge is 2.21. The number of ketones is 1. The van der Waals surface area contributed by atoms with Crippen LogP contribution in [0, 0.1) is 10.1 Å². The number of Topliss-reactive ketones (excluding diaryl/α,β-unsaturated/α-hetero) is 1. The highest BCUT2D eigenvalue weighted by Crippen LogP contribution is 2.12. The van der Waals surface area contributed by atoms with Crippen molar-refractivity contribution in [2.75, 3.05) is 6.61 Å². The predicted molar refractivity (Wildman–Crippen MR) is 65.3 cm³/mol. The first kappa shape index (κ1) is 15.2. The molecule has 0 fully saturated rings. The highest BCUT2D eigenvalue weighted by molar-refractivity contribution is 9.10. The van der Waals surface area contributed by atoms with Crippen LogP contribution in [0.3, 0.4) is 0 Å². The van der Waals surface area contributed by atoms with Gasteiger partial charge in [-0.3, -0.25) is 9.59 Å². The van der Waals surface area contributed by atoms with Gasteiger partial charge in [0.05, 0.1) is 13.0 Å². The fourth-order valence-electron chi connectivity index (χ4n) is 1.21. The minimum absolute atomic E-state index is 0.0149. The van der Waals surface area contributed by atoms with E-state index in [4.69, 9.17) is 0 Å². The van der Waals surface area contributed by atoms with Crippen LogP contribution < -0.4 is 0 Å². The molecule has 1 rings (SSSR count). The number of nitrogens with zero attached hydrogens (tertiary/aromatic N) is 4. The molecule has 0 atom stereocenters. The lowest BCUT2D eigenvalue weighted by Crippen LogP contribution is -2.14. The molecule has 0 aromatic carbocycles. The van der Waals surface area contributed by atoms with E-state index in [1.54, 1.807) is 6.92 Å². The highest BCUT2D eigenvalue weighted by atomic mass is 79.9. The number of rotatable bonds is 7. The van der Waals surface area contributed by atoms with Gasteiger partial charge in [-0.2, -0.15) is 4.68 Å². The summed E-state index contributed by atoms with van der Waals surface area (Å²) in [7, 11) is 0. The first-order valence-corrected chi connectivity index (χ1v) is 6.15. The molecule has 0 radical (unpaired) electrons. The number of hydrogen-bond acceptors (Lipinski definition) is 7. The molecule has 1 heterocycles. The Morgan fingerprint density at radius 1 is 1.47 bits per heavy atom. The molecule has 19 heavy (non-hydrogen) atoms. The lowest BCUT2D eigenvalue weighted by atomic mass is 10.2. The summed E-state index contributed by atoms with van der Waals surface area (Å²) in [6.07, 6.45) is -0.0417. The van der Waals surface area contributed by atoms with Crippen LogP contribution >= 0.6 is 15.9 Å². The molecule has 0 N–H and O–H groups in total. The maximum Gasteiger partial charge on any atom is 0.492 e. The number of aromatic nitrogens is 3. The summed E-state index contributed by atoms with van der Waals surface area (Å²) in [5, 5.41) is 14.0. The van der Waals surface area contributed by atoms with Gasteiger partial charge in [0, 0.05) is 27.4 Å². The van der Waals surface area contributed by atoms with Gasteiger partial charge in [-0.05, 0) is 16.8 Å². The van der Waals surface area contributed by atoms with Crippen molar-refractivity contribution in [2.24, 2.45) is 0 Å². The second kappa shape index (κ2) is 6.92. The van der Waals surface area contributed by atoms with Crippen LogP contribution in [0.4, 0.5) is 5.95 Å². The molecule has 104 valence electrons. The van der Waals surface area contributed by atoms with E-state index >= 15 is 0 Å². The molecule has 0 spiro atoms. The van der Waals surface area contributed by atoms with E-state index in [2.05, 4.69) is 30.7 Å². The van der Waals surface area contributed by atoms with Gasteiger partial charge in [0.2, 0.25) is 0 Å². The topological polar surface area (TPSA) is 117 Å². The number of carbonyl (C=O) groups is 2. The van der Waals surface area contributed by atoms with Crippen molar-refractivity contribution in [2.45, 2.75) is 26.3 Å². The molecular weight excluding hydrogens is 324 g/mol. The SMILES string of the molecule is CCOC(=O)CCC(=O)Cn1nc([N+](=O)[O-])nc1Br. The molecule has 0 aliphatic carbocycles. The van der Waals surface area contributed by atoms with Gasteiger partial charge >= 0.3 is 11.9 Å². The van der Waals surface area contributed by atoms with Gasteiger partial charge in [0.15, 0.2) is 5.78 Å². The second-order valence-electron chi connectivity index (χ2n) is 3.44. The Kier molecular flexibility index (Phi) is 5.55. The maximum absolute atomic E-state index is 11.6. The van der Waals surface area contributed by atoms with Crippen molar-refractivity contribution in [3.05, 3.63) is 14.8 Å². The fraction of sp³-hybridized carbons (Fsp3) is 0.556. The lowest BCUT2D eigenvalue weighted by Gasteiger charge is -2.00. The quantitative estimate of drug-likeness (QED) is 0.412. The molecule has 0 aliphatic heterocycles. The zero-order valence-corrected chi connectivity index (χ0v) is 11.6. The minimum atomic E-state index is -0.760. The van der Waals surface area contributed by atoms with Crippen LogP contribution in [0.15, 0.2) is 4.73 Å². The molecule has 0 saturated heterocycles. The smallest absolute Gasteiger partial charge is 0.466 e. The van der Waals surface area contributed by atoms with E-state index in [1.807, 2.05) is 0 Å². The first-order valence-electron chi connectivity index (χ1n) is 5.36. The molecule has 0 aliphatic rings. The van der Waals surface area contributed by atoms with Crippen molar-refractivity contribution in [3.63, 3.8) is 0 Å². The van der Waals surface area contributed by atoms with Crippen molar-refractivity contribution < 1.29 is 19.2 Å². The second-order valence-corrected chi connectivity index (χ2v) is 4.15. The standard InChI is InChI=1S/C9H11BrN4O5/c1-2-19-7(16)4-3-6(15)5-13-8(10)11-9(12-13)14(17)18/h2-5H2,1H3. The lowest BCUT2D eigenvalue weighted by molar-refractivity contribution is -0.394. The summed E-state index contributed by atoms with van der Waals surface area (Å²) < 4.78 is 5.83. The Morgan fingerprint density at radius 2 is 2.16 bits per heavy atom. The molecule has 9 nitrogen and oxygen atoms in total. The maximum atomic E-state index is 11.6. The van der Waals surface area contributed by atoms with Gasteiger partial charge in [-0.15, -0.1) is 0 Å². The van der Waals surface area contributed by atoms with Crippen LogP contribution in [0.2, 0.25) is 0 Å². The van der Waals surface area contributed by atoms with Crippen molar-refractivity contribution in [1.29, 1.82) is 0 Å². The summed E-state index contributed by atoms with van der Waals surface area (Å²) in [6, 6.07) is 0. The van der Waals surface area contributed by atoms with E-state index in [-0.39, 0.29) is 36.5 Å². The molecule has 10 heteroatoms. The molecule has 0 bridgehead atoms. The summed E-state index contributed by atoms with van der Waals surface area (Å²) in [6.45, 7) is 1.74. The number of hydrogen-bond donors (Lipinski definition) is 0. The first-order chi connectivity index (χ1) is 8.93. The molecule has 0 unspecified atom stereocenters. The monoisotopic (exact) mass is 334 g/mol. The third kappa shape index (κ3) is 4.73. The van der Waals surface area contributed by atoms with Gasteiger partial charge in [-0.1, -0.05) is 0 Å². The number of esters is 1. The van der Waals surface area contributed by atoms with Crippen LogP contribution in [-0.4, -0.2) is 38.0 Å². The minimum Gasteiger partial charge on any atom is -0.466 e. The third-order valence-corrected chi connectivity index (χ3v) is 2.60. The normalized spacial score (nSPS) is 10.2. The van der Waals surface area contributed by atoms with Crippen molar-refractivity contribution in [1.82, 2.24) is 14.8 Å². The Bertz CT molecular complexity index is 501. The Balaban J connectivity index is 2.53. The van der Waals surface area contributed by atoms with E-state index in [1.165, 1.54) is 0 Å². The number of carbonyl (C=O) groups excluding carboxylic acids is 2. The van der Waals surface area contributed by atoms with E-state index < -0.39 is 16.8 Å². The summed E-state index contributed by atoms with van der Waals surface area (Å²) in [5.41, 5.74) is 0. The van der Waals surface area contributed by atoms with E-state index in [0.29, 0.717) is 0 Å². The van der Waals surface area contributed by atoms with Gasteiger partial charge in [-0.25, -0.2) is 0 Å². The average Bonchev–Trinajstić information content (AvgIpc) is 2.69. The fourth-order valence-corrected chi connectivity index (χ4v) is 1.57. The molecular formula is C9H11BrN4O5. The summed E-state index contributed by atoms with van der Waals surface area (Å²) in [5.74, 6) is -1.35. The molecule has 0 amide bonds. The van der Waals surface area contributed by atoms with Gasteiger partial charge in [0.1, 0.15) is 6.54 Å². The Morgan fingerprint density at radius 3 is 2.68 bits per heavy atom. The average molecular weight is 335 g/mol. The number of ether oxygens (including phenoxy) is 1. The van der Waals surface area contributed by atoms with Crippen molar-refractivity contribution in [3.8, 4) is 0 Å². The third-order valence-electron chi connectivity index (χ3n) is 2.02. The van der Waals surface area contributed by atoms with Crippen molar-refractivity contribution >= 4 is 33.6 Å². The predicted octanol–water partition coefficient (Wildman–Crippen LogP) is 0.861. The van der Waals surface area contributed by atoms with Crippen LogP contribution in [0.1, 0.15) is 19.8 Å². The molecule has 1 aromatic rings. The number of nitro groups is 1.